The van der Waals surface area contributed by atoms with E-state index in [-0.39, 0.29) is 17.9 Å². The van der Waals surface area contributed by atoms with Crippen LogP contribution in [0.5, 0.6) is 0 Å². The molecule has 0 saturated carbocycles. The molecule has 2 rings (SSSR count). The molecule has 19 heavy (non-hydrogen) atoms. The third-order valence-electron chi connectivity index (χ3n) is 3.06. The van der Waals surface area contributed by atoms with Crippen molar-refractivity contribution >= 4 is 39.3 Å². The quantitative estimate of drug-likeness (QED) is 0.895. The number of nitrogens with zero attached hydrogens (tertiary/aromatic N) is 1. The molecule has 1 saturated heterocycles. The van der Waals surface area contributed by atoms with Crippen molar-refractivity contribution in [3.8, 4) is 0 Å². The topological polar surface area (TPSA) is 49.4 Å². The third kappa shape index (κ3) is 3.28. The van der Waals surface area contributed by atoms with Crippen molar-refractivity contribution < 1.29 is 9.59 Å². The number of nitrogens with one attached hydrogen (secondary N) is 1. The highest BCUT2D eigenvalue weighted by Gasteiger charge is 2.28. The fourth-order valence-electron chi connectivity index (χ4n) is 2.19. The molecule has 6 heteroatoms. The first kappa shape index (κ1) is 14.3. The molecular formula is C13H14BrClN2O2. The smallest absolute Gasteiger partial charge is 0.255 e. The van der Waals surface area contributed by atoms with Gasteiger partial charge in [0.05, 0.1) is 10.6 Å². The van der Waals surface area contributed by atoms with Crippen LogP contribution in [0.4, 0.5) is 0 Å². The molecule has 1 fully saturated rings. The van der Waals surface area contributed by atoms with Gasteiger partial charge in [-0.25, -0.2) is 0 Å². The number of carbonyl (C=O) groups is 2. The second-order valence-corrected chi connectivity index (χ2v) is 5.77. The SMILES string of the molecule is CC(=O)NC1CCN(C(=O)c2cccc(Br)c2Cl)C1. The van der Waals surface area contributed by atoms with Crippen LogP contribution in [0.1, 0.15) is 23.7 Å². The average molecular weight is 346 g/mol. The molecule has 1 unspecified atom stereocenters. The van der Waals surface area contributed by atoms with E-state index in [4.69, 9.17) is 11.6 Å². The number of rotatable bonds is 2. The van der Waals surface area contributed by atoms with Gasteiger partial charge in [-0.05, 0) is 34.5 Å². The van der Waals surface area contributed by atoms with Crippen molar-refractivity contribution in [2.24, 2.45) is 0 Å². The highest BCUT2D eigenvalue weighted by Crippen LogP contribution is 2.27. The first-order valence-electron chi connectivity index (χ1n) is 5.99. The molecule has 0 spiro atoms. The molecule has 1 atom stereocenters. The Balaban J connectivity index is 2.09. The Morgan fingerprint density at radius 3 is 2.89 bits per heavy atom. The summed E-state index contributed by atoms with van der Waals surface area (Å²) in [6.07, 6.45) is 0.775. The number of hydrogen-bond acceptors (Lipinski definition) is 2. The normalized spacial score (nSPS) is 18.5. The Morgan fingerprint density at radius 2 is 2.21 bits per heavy atom. The fraction of sp³-hybridized carbons (Fsp3) is 0.385. The van der Waals surface area contributed by atoms with Crippen LogP contribution in [0, 0.1) is 0 Å². The summed E-state index contributed by atoms with van der Waals surface area (Å²) in [6, 6.07) is 5.32. The van der Waals surface area contributed by atoms with Crippen molar-refractivity contribution in [3.05, 3.63) is 33.3 Å². The molecule has 1 aromatic carbocycles. The first-order valence-corrected chi connectivity index (χ1v) is 7.16. The van der Waals surface area contributed by atoms with E-state index in [0.29, 0.717) is 28.1 Å². The zero-order valence-electron chi connectivity index (χ0n) is 10.5. The van der Waals surface area contributed by atoms with Crippen LogP contribution in [0.3, 0.4) is 0 Å². The van der Waals surface area contributed by atoms with E-state index in [1.54, 1.807) is 23.1 Å². The van der Waals surface area contributed by atoms with Gasteiger partial charge >= 0.3 is 0 Å². The Labute approximate surface area is 125 Å². The molecule has 0 radical (unpaired) electrons. The average Bonchev–Trinajstić information content (AvgIpc) is 2.79. The standard InChI is InChI=1S/C13H14BrClN2O2/c1-8(18)16-9-5-6-17(7-9)13(19)10-3-2-4-11(14)12(10)15/h2-4,9H,5-7H2,1H3,(H,16,18). The molecule has 1 heterocycles. The first-order chi connectivity index (χ1) is 8.99. The van der Waals surface area contributed by atoms with Gasteiger partial charge in [0.1, 0.15) is 0 Å². The summed E-state index contributed by atoms with van der Waals surface area (Å²) >= 11 is 9.43. The summed E-state index contributed by atoms with van der Waals surface area (Å²) in [5.74, 6) is -0.168. The zero-order valence-corrected chi connectivity index (χ0v) is 12.8. The molecule has 2 amide bonds. The van der Waals surface area contributed by atoms with E-state index >= 15 is 0 Å². The van der Waals surface area contributed by atoms with Crippen LogP contribution in [0.2, 0.25) is 5.02 Å². The zero-order chi connectivity index (χ0) is 14.0. The molecule has 1 aromatic rings. The third-order valence-corrected chi connectivity index (χ3v) is 4.36. The molecule has 1 aliphatic rings. The van der Waals surface area contributed by atoms with E-state index in [0.717, 1.165) is 6.42 Å². The Morgan fingerprint density at radius 1 is 1.47 bits per heavy atom. The van der Waals surface area contributed by atoms with E-state index < -0.39 is 0 Å². The Bertz CT molecular complexity index is 521. The summed E-state index contributed by atoms with van der Waals surface area (Å²) in [6.45, 7) is 2.64. The number of carbonyl (C=O) groups excluding carboxylic acids is 2. The van der Waals surface area contributed by atoms with Crippen LogP contribution in [-0.2, 0) is 4.79 Å². The van der Waals surface area contributed by atoms with Gasteiger partial charge in [0.15, 0.2) is 0 Å². The predicted octanol–water partition coefficient (Wildman–Crippen LogP) is 2.45. The highest BCUT2D eigenvalue weighted by molar-refractivity contribution is 9.10. The van der Waals surface area contributed by atoms with Crippen molar-refractivity contribution in [2.75, 3.05) is 13.1 Å². The van der Waals surface area contributed by atoms with Crippen molar-refractivity contribution in [2.45, 2.75) is 19.4 Å². The lowest BCUT2D eigenvalue weighted by atomic mass is 10.2. The second kappa shape index (κ2) is 5.92. The van der Waals surface area contributed by atoms with Gasteiger partial charge in [0, 0.05) is 30.5 Å². The van der Waals surface area contributed by atoms with Crippen LogP contribution in [0.15, 0.2) is 22.7 Å². The summed E-state index contributed by atoms with van der Waals surface area (Å²) in [5, 5.41) is 3.26. The van der Waals surface area contributed by atoms with Crippen molar-refractivity contribution in [3.63, 3.8) is 0 Å². The van der Waals surface area contributed by atoms with Crippen LogP contribution >= 0.6 is 27.5 Å². The molecular weight excluding hydrogens is 332 g/mol. The maximum Gasteiger partial charge on any atom is 0.255 e. The lowest BCUT2D eigenvalue weighted by molar-refractivity contribution is -0.119. The molecule has 1 aliphatic heterocycles. The number of amides is 2. The lowest BCUT2D eigenvalue weighted by Crippen LogP contribution is -2.37. The predicted molar refractivity (Wildman–Crippen MR) is 77.3 cm³/mol. The lowest BCUT2D eigenvalue weighted by Gasteiger charge is -2.17. The minimum absolute atomic E-state index is 0.0346. The van der Waals surface area contributed by atoms with Crippen molar-refractivity contribution in [1.82, 2.24) is 10.2 Å². The largest absolute Gasteiger partial charge is 0.352 e. The molecule has 0 bridgehead atoms. The summed E-state index contributed by atoms with van der Waals surface area (Å²) < 4.78 is 0.706. The second-order valence-electron chi connectivity index (χ2n) is 4.54. The maximum atomic E-state index is 12.4. The number of benzene rings is 1. The van der Waals surface area contributed by atoms with E-state index in [2.05, 4.69) is 21.2 Å². The Hall–Kier alpha value is -1.07. The van der Waals surface area contributed by atoms with Gasteiger partial charge < -0.3 is 10.2 Å². The van der Waals surface area contributed by atoms with Gasteiger partial charge in [-0.15, -0.1) is 0 Å². The van der Waals surface area contributed by atoms with Crippen LogP contribution in [-0.4, -0.2) is 35.8 Å². The fourth-order valence-corrected chi connectivity index (χ4v) is 2.76. The summed E-state index contributed by atoms with van der Waals surface area (Å²) in [4.78, 5) is 25.1. The van der Waals surface area contributed by atoms with Gasteiger partial charge in [0.2, 0.25) is 5.91 Å². The van der Waals surface area contributed by atoms with Crippen LogP contribution < -0.4 is 5.32 Å². The van der Waals surface area contributed by atoms with Crippen molar-refractivity contribution in [1.29, 1.82) is 0 Å². The van der Waals surface area contributed by atoms with E-state index in [1.165, 1.54) is 6.92 Å². The maximum absolute atomic E-state index is 12.4. The number of likely N-dealkylation sites (tertiary alicyclic amines) is 1. The molecule has 0 aliphatic carbocycles. The van der Waals surface area contributed by atoms with Gasteiger partial charge in [0.25, 0.3) is 5.91 Å². The molecule has 0 aromatic heterocycles. The molecule has 4 nitrogen and oxygen atoms in total. The Kier molecular flexibility index (Phi) is 4.47. The summed E-state index contributed by atoms with van der Waals surface area (Å²) in [5.41, 5.74) is 0.486. The minimum atomic E-state index is -0.0980. The summed E-state index contributed by atoms with van der Waals surface area (Å²) in [7, 11) is 0. The highest BCUT2D eigenvalue weighted by atomic mass is 79.9. The van der Waals surface area contributed by atoms with Crippen LogP contribution in [0.25, 0.3) is 0 Å². The van der Waals surface area contributed by atoms with Gasteiger partial charge in [-0.2, -0.15) is 0 Å². The minimum Gasteiger partial charge on any atom is -0.352 e. The molecule has 1 N–H and O–H groups in total. The monoisotopic (exact) mass is 344 g/mol. The van der Waals surface area contributed by atoms with E-state index in [9.17, 15) is 9.59 Å². The number of halogens is 2. The number of hydrogen-bond donors (Lipinski definition) is 1. The molecule has 102 valence electrons. The van der Waals surface area contributed by atoms with E-state index in [1.807, 2.05) is 0 Å². The van der Waals surface area contributed by atoms with Gasteiger partial charge in [-0.3, -0.25) is 9.59 Å². The van der Waals surface area contributed by atoms with Gasteiger partial charge in [-0.1, -0.05) is 17.7 Å².